The van der Waals surface area contributed by atoms with Gasteiger partial charge in [-0.25, -0.2) is 0 Å². The number of benzene rings is 1. The standard InChI is InChI=1S/C9H5BClF3N.K/c11-8-3-1-2-6-4-7(10(12,13)14)5-15-9(6)8;/h1-5H;/q-1;+1. The van der Waals surface area contributed by atoms with E-state index >= 15 is 0 Å². The van der Waals surface area contributed by atoms with Gasteiger partial charge in [0, 0.05) is 6.20 Å². The van der Waals surface area contributed by atoms with Crippen molar-refractivity contribution in [1.29, 1.82) is 0 Å². The minimum absolute atomic E-state index is 0. The molecule has 0 amide bonds. The van der Waals surface area contributed by atoms with Crippen molar-refractivity contribution in [3.63, 3.8) is 0 Å². The molecular formula is C9H5BClF3KN. The summed E-state index contributed by atoms with van der Waals surface area (Å²) in [4.78, 5) is 3.71. The predicted octanol–water partition coefficient (Wildman–Crippen LogP) is -0.0534. The van der Waals surface area contributed by atoms with Gasteiger partial charge in [-0.05, 0) is 11.5 Å². The van der Waals surface area contributed by atoms with Gasteiger partial charge in [-0.15, -0.1) is 0 Å². The van der Waals surface area contributed by atoms with Gasteiger partial charge >= 0.3 is 58.4 Å². The first-order valence-corrected chi connectivity index (χ1v) is 4.60. The van der Waals surface area contributed by atoms with E-state index < -0.39 is 12.4 Å². The average Bonchev–Trinajstić information content (AvgIpc) is 2.16. The van der Waals surface area contributed by atoms with E-state index in [0.29, 0.717) is 15.9 Å². The van der Waals surface area contributed by atoms with Crippen molar-refractivity contribution in [3.8, 4) is 0 Å². The molecule has 0 radical (unpaired) electrons. The monoisotopic (exact) mass is 269 g/mol. The maximum absolute atomic E-state index is 12.4. The summed E-state index contributed by atoms with van der Waals surface area (Å²) in [5.41, 5.74) is -0.312. The Labute approximate surface area is 138 Å². The van der Waals surface area contributed by atoms with Crippen LogP contribution in [0.4, 0.5) is 12.9 Å². The quantitative estimate of drug-likeness (QED) is 0.662. The molecule has 0 atom stereocenters. The summed E-state index contributed by atoms with van der Waals surface area (Å²) in [6.45, 7) is -5.00. The number of nitrogens with zero attached hydrogens (tertiary/aromatic N) is 1. The smallest absolute Gasteiger partial charge is 0.445 e. The van der Waals surface area contributed by atoms with Crippen LogP contribution in [0.15, 0.2) is 30.5 Å². The molecule has 0 bridgehead atoms. The Balaban J connectivity index is 0.00000128. The zero-order valence-corrected chi connectivity index (χ0v) is 12.3. The van der Waals surface area contributed by atoms with Gasteiger partial charge in [0.1, 0.15) is 0 Å². The molecule has 0 saturated carbocycles. The number of para-hydroxylation sites is 1. The van der Waals surface area contributed by atoms with Crippen LogP contribution in [0.25, 0.3) is 10.9 Å². The van der Waals surface area contributed by atoms with E-state index in [0.717, 1.165) is 12.3 Å². The van der Waals surface area contributed by atoms with E-state index in [-0.39, 0.29) is 51.4 Å². The van der Waals surface area contributed by atoms with Crippen molar-refractivity contribution in [2.45, 2.75) is 0 Å². The van der Waals surface area contributed by atoms with Crippen LogP contribution in [-0.2, 0) is 0 Å². The minimum Gasteiger partial charge on any atom is -0.445 e. The summed E-state index contributed by atoms with van der Waals surface area (Å²) in [6.07, 6.45) is 0.814. The molecule has 0 aliphatic rings. The average molecular weight is 270 g/mol. The minimum atomic E-state index is -5.00. The number of aromatic nitrogens is 1. The van der Waals surface area contributed by atoms with Crippen LogP contribution >= 0.6 is 11.6 Å². The Morgan fingerprint density at radius 1 is 1.19 bits per heavy atom. The molecule has 78 valence electrons. The molecule has 0 fully saturated rings. The molecule has 1 aromatic carbocycles. The van der Waals surface area contributed by atoms with E-state index in [1.54, 1.807) is 18.2 Å². The molecule has 2 aromatic rings. The predicted molar refractivity (Wildman–Crippen MR) is 55.5 cm³/mol. The Bertz CT molecular complexity index is 518. The number of pyridine rings is 1. The summed E-state index contributed by atoms with van der Waals surface area (Å²) >= 11 is 5.78. The summed E-state index contributed by atoms with van der Waals surface area (Å²) in [7, 11) is 0. The van der Waals surface area contributed by atoms with E-state index in [2.05, 4.69) is 4.98 Å². The second-order valence-electron chi connectivity index (χ2n) is 3.15. The van der Waals surface area contributed by atoms with Gasteiger partial charge < -0.3 is 12.9 Å². The molecule has 0 aliphatic carbocycles. The van der Waals surface area contributed by atoms with Gasteiger partial charge in [-0.2, -0.15) is 0 Å². The van der Waals surface area contributed by atoms with Crippen LogP contribution in [0.2, 0.25) is 5.02 Å². The van der Waals surface area contributed by atoms with Crippen LogP contribution in [0.1, 0.15) is 0 Å². The first kappa shape index (κ1) is 14.5. The molecule has 1 aromatic heterocycles. The first-order valence-electron chi connectivity index (χ1n) is 4.22. The zero-order valence-electron chi connectivity index (χ0n) is 8.42. The zero-order chi connectivity index (χ0) is 11.1. The van der Waals surface area contributed by atoms with Crippen LogP contribution in [-0.4, -0.2) is 12.0 Å². The van der Waals surface area contributed by atoms with E-state index in [1.165, 1.54) is 0 Å². The Morgan fingerprint density at radius 3 is 2.50 bits per heavy atom. The molecule has 1 heterocycles. The third kappa shape index (κ3) is 3.00. The number of rotatable bonds is 1. The largest absolute Gasteiger partial charge is 1.00 e. The van der Waals surface area contributed by atoms with Crippen molar-refractivity contribution in [3.05, 3.63) is 35.5 Å². The van der Waals surface area contributed by atoms with Crippen molar-refractivity contribution in [1.82, 2.24) is 4.98 Å². The molecule has 0 saturated heterocycles. The molecule has 7 heteroatoms. The molecule has 0 aliphatic heterocycles. The molecule has 16 heavy (non-hydrogen) atoms. The topological polar surface area (TPSA) is 12.9 Å². The van der Waals surface area contributed by atoms with Crippen LogP contribution in [0.3, 0.4) is 0 Å². The van der Waals surface area contributed by atoms with Gasteiger partial charge in [0.05, 0.1) is 10.5 Å². The fraction of sp³-hybridized carbons (Fsp3) is 0. The maximum atomic E-state index is 12.4. The molecule has 2 rings (SSSR count). The number of halogens is 4. The van der Waals surface area contributed by atoms with Crippen molar-refractivity contribution < 1.29 is 64.3 Å². The van der Waals surface area contributed by atoms with Crippen molar-refractivity contribution >= 4 is 34.9 Å². The second-order valence-corrected chi connectivity index (χ2v) is 3.56. The van der Waals surface area contributed by atoms with E-state index in [4.69, 9.17) is 11.6 Å². The van der Waals surface area contributed by atoms with Crippen molar-refractivity contribution in [2.24, 2.45) is 0 Å². The third-order valence-corrected chi connectivity index (χ3v) is 2.37. The first-order chi connectivity index (χ1) is 6.98. The SMILES string of the molecule is F[B-](F)(F)c1cnc2c(Cl)cccc2c1.[K+]. The van der Waals surface area contributed by atoms with Crippen LogP contribution < -0.4 is 56.8 Å². The number of hydrogen-bond acceptors (Lipinski definition) is 1. The Hall–Kier alpha value is 0.411. The summed E-state index contributed by atoms with van der Waals surface area (Å²) < 4.78 is 37.2. The van der Waals surface area contributed by atoms with Crippen LogP contribution in [0, 0.1) is 0 Å². The van der Waals surface area contributed by atoms with Gasteiger partial charge in [0.25, 0.3) is 0 Å². The molecule has 0 N–H and O–H groups in total. The Kier molecular flexibility index (Phi) is 4.86. The fourth-order valence-electron chi connectivity index (χ4n) is 1.32. The second kappa shape index (κ2) is 5.37. The fourth-order valence-corrected chi connectivity index (χ4v) is 1.55. The normalized spacial score (nSPS) is 11.2. The van der Waals surface area contributed by atoms with Gasteiger partial charge in [0.2, 0.25) is 0 Å². The van der Waals surface area contributed by atoms with Gasteiger partial charge in [-0.1, -0.05) is 35.3 Å². The molecule has 0 unspecified atom stereocenters. The summed E-state index contributed by atoms with van der Waals surface area (Å²) in [5, 5.41) is 0.757. The number of hydrogen-bond donors (Lipinski definition) is 0. The maximum Gasteiger partial charge on any atom is 1.00 e. The van der Waals surface area contributed by atoms with Gasteiger partial charge in [0.15, 0.2) is 0 Å². The van der Waals surface area contributed by atoms with Crippen molar-refractivity contribution in [2.75, 3.05) is 0 Å². The van der Waals surface area contributed by atoms with Crippen LogP contribution in [0.5, 0.6) is 0 Å². The Morgan fingerprint density at radius 2 is 1.88 bits per heavy atom. The molecular weight excluding hydrogens is 264 g/mol. The molecule has 0 spiro atoms. The van der Waals surface area contributed by atoms with E-state index in [9.17, 15) is 12.9 Å². The summed E-state index contributed by atoms with van der Waals surface area (Å²) in [6, 6.07) is 5.81. The number of fused-ring (bicyclic) bond motifs is 1. The van der Waals surface area contributed by atoms with E-state index in [1.807, 2.05) is 0 Å². The third-order valence-electron chi connectivity index (χ3n) is 2.06. The molecule has 1 nitrogen and oxygen atoms in total. The van der Waals surface area contributed by atoms with Gasteiger partial charge in [-0.3, -0.25) is 4.98 Å². The summed E-state index contributed by atoms with van der Waals surface area (Å²) in [5.74, 6) is 0.